The molecule has 2 rings (SSSR count). The second-order valence-electron chi connectivity index (χ2n) is 6.92. The van der Waals surface area contributed by atoms with Gasteiger partial charge >= 0.3 is 6.09 Å². The van der Waals surface area contributed by atoms with E-state index in [4.69, 9.17) is 4.74 Å². The Bertz CT molecular complexity index is 548. The van der Waals surface area contributed by atoms with E-state index in [1.54, 1.807) is 7.05 Å². The van der Waals surface area contributed by atoms with Gasteiger partial charge in [-0.15, -0.1) is 0 Å². The number of carbonyl (C=O) groups is 2. The summed E-state index contributed by atoms with van der Waals surface area (Å²) in [5.74, 6) is 0.0416. The molecule has 0 fully saturated rings. The lowest BCUT2D eigenvalue weighted by atomic mass is 9.79. The minimum atomic E-state index is -0.566. The molecule has 0 aliphatic heterocycles. The molecular weight excluding hydrogens is 278 g/mol. The zero-order chi connectivity index (χ0) is 16.3. The third-order valence-corrected chi connectivity index (χ3v) is 4.10. The first-order chi connectivity index (χ1) is 10.3. The van der Waals surface area contributed by atoms with Crippen molar-refractivity contribution in [2.45, 2.75) is 57.6 Å². The number of fused-ring (bicyclic) bond motifs is 1. The second kappa shape index (κ2) is 6.51. The van der Waals surface area contributed by atoms with Crippen LogP contribution >= 0.6 is 0 Å². The maximum atomic E-state index is 12.3. The van der Waals surface area contributed by atoms with Gasteiger partial charge in [0.2, 0.25) is 0 Å². The molecule has 2 atom stereocenters. The molecule has 0 spiro atoms. The highest BCUT2D eigenvalue weighted by Crippen LogP contribution is 2.35. The maximum Gasteiger partial charge on any atom is 0.410 e. The van der Waals surface area contributed by atoms with Crippen LogP contribution < -0.4 is 0 Å². The number of likely N-dealkylation sites (N-methyl/N-ethyl adjacent to an activating group) is 1. The van der Waals surface area contributed by atoms with Crippen LogP contribution in [0, 0.1) is 0 Å². The number of carbonyl (C=O) groups excluding carboxylic acids is 2. The molecule has 0 aromatic heterocycles. The zero-order valence-corrected chi connectivity index (χ0v) is 13.8. The zero-order valence-electron chi connectivity index (χ0n) is 13.8. The van der Waals surface area contributed by atoms with Gasteiger partial charge in [0.25, 0.3) is 0 Å². The van der Waals surface area contributed by atoms with E-state index in [-0.39, 0.29) is 5.92 Å². The van der Waals surface area contributed by atoms with Crippen molar-refractivity contribution in [3.63, 3.8) is 0 Å². The van der Waals surface area contributed by atoms with E-state index in [1.165, 1.54) is 16.0 Å². The first kappa shape index (κ1) is 16.5. The number of rotatable bonds is 3. The van der Waals surface area contributed by atoms with Gasteiger partial charge in [-0.25, -0.2) is 4.79 Å². The van der Waals surface area contributed by atoms with Gasteiger partial charge in [-0.05, 0) is 51.2 Å². The molecule has 4 nitrogen and oxygen atoms in total. The van der Waals surface area contributed by atoms with Gasteiger partial charge in [-0.2, -0.15) is 0 Å². The molecule has 0 N–H and O–H groups in total. The number of amides is 1. The fourth-order valence-corrected chi connectivity index (χ4v) is 3.06. The molecule has 0 saturated heterocycles. The summed E-state index contributed by atoms with van der Waals surface area (Å²) in [4.78, 5) is 25.4. The molecule has 0 saturated carbocycles. The molecule has 0 bridgehead atoms. The molecule has 2 unspecified atom stereocenters. The van der Waals surface area contributed by atoms with Crippen LogP contribution in [0.5, 0.6) is 0 Å². The van der Waals surface area contributed by atoms with Gasteiger partial charge in [0.15, 0.2) is 0 Å². The van der Waals surface area contributed by atoms with E-state index < -0.39 is 17.7 Å². The molecule has 1 aliphatic carbocycles. The number of hydrogen-bond donors (Lipinski definition) is 0. The Kier molecular flexibility index (Phi) is 4.89. The number of benzene rings is 1. The van der Waals surface area contributed by atoms with E-state index >= 15 is 0 Å². The predicted octanol–water partition coefficient (Wildman–Crippen LogP) is 3.54. The van der Waals surface area contributed by atoms with Crippen molar-refractivity contribution >= 4 is 12.4 Å². The monoisotopic (exact) mass is 303 g/mol. The Morgan fingerprint density at radius 1 is 1.36 bits per heavy atom. The SMILES string of the molecule is CN(C(=O)OC(C)(C)C)C(C=O)C1CCCc2ccccc21. The summed E-state index contributed by atoms with van der Waals surface area (Å²) in [6.45, 7) is 5.47. The van der Waals surface area contributed by atoms with Crippen LogP contribution in [0.25, 0.3) is 0 Å². The number of aldehydes is 1. The van der Waals surface area contributed by atoms with Crippen LogP contribution in [0.1, 0.15) is 50.7 Å². The summed E-state index contributed by atoms with van der Waals surface area (Å²) >= 11 is 0. The Labute approximate surface area is 132 Å². The molecule has 1 aromatic rings. The second-order valence-corrected chi connectivity index (χ2v) is 6.92. The molecule has 1 aliphatic rings. The van der Waals surface area contributed by atoms with Gasteiger partial charge in [0, 0.05) is 13.0 Å². The highest BCUT2D eigenvalue weighted by molar-refractivity contribution is 5.74. The third kappa shape index (κ3) is 3.67. The summed E-state index contributed by atoms with van der Waals surface area (Å²) in [5, 5.41) is 0. The van der Waals surface area contributed by atoms with Crippen LogP contribution in [0.2, 0.25) is 0 Å². The number of hydrogen-bond acceptors (Lipinski definition) is 3. The minimum Gasteiger partial charge on any atom is -0.444 e. The van der Waals surface area contributed by atoms with E-state index in [1.807, 2.05) is 32.9 Å². The van der Waals surface area contributed by atoms with E-state index in [0.29, 0.717) is 0 Å². The lowest BCUT2D eigenvalue weighted by Gasteiger charge is -2.35. The maximum absolute atomic E-state index is 12.3. The Morgan fingerprint density at radius 2 is 2.05 bits per heavy atom. The predicted molar refractivity (Wildman–Crippen MR) is 86.0 cm³/mol. The average Bonchev–Trinajstić information content (AvgIpc) is 2.46. The van der Waals surface area contributed by atoms with Crippen LogP contribution in [-0.2, 0) is 16.0 Å². The average molecular weight is 303 g/mol. The fourth-order valence-electron chi connectivity index (χ4n) is 3.06. The van der Waals surface area contributed by atoms with Gasteiger partial charge in [-0.1, -0.05) is 24.3 Å². The van der Waals surface area contributed by atoms with Crippen molar-refractivity contribution in [3.8, 4) is 0 Å². The quantitative estimate of drug-likeness (QED) is 0.802. The van der Waals surface area contributed by atoms with E-state index in [2.05, 4.69) is 12.1 Å². The van der Waals surface area contributed by atoms with Crippen molar-refractivity contribution < 1.29 is 14.3 Å². The first-order valence-electron chi connectivity index (χ1n) is 7.82. The first-order valence-corrected chi connectivity index (χ1v) is 7.82. The number of aryl methyl sites for hydroxylation is 1. The standard InChI is InChI=1S/C18H25NO3/c1-18(2,3)22-17(21)19(4)16(12-20)15-11-7-9-13-8-5-6-10-14(13)15/h5-6,8,10,12,15-16H,7,9,11H2,1-4H3. The summed E-state index contributed by atoms with van der Waals surface area (Å²) in [5.41, 5.74) is 1.90. The van der Waals surface area contributed by atoms with Crippen molar-refractivity contribution in [1.29, 1.82) is 0 Å². The smallest absolute Gasteiger partial charge is 0.410 e. The molecule has 1 aromatic carbocycles. The molecule has 1 amide bonds. The molecule has 22 heavy (non-hydrogen) atoms. The molecule has 4 heteroatoms. The topological polar surface area (TPSA) is 46.6 Å². The molecule has 120 valence electrons. The Balaban J connectivity index is 2.22. The van der Waals surface area contributed by atoms with Crippen molar-refractivity contribution in [2.24, 2.45) is 0 Å². The van der Waals surface area contributed by atoms with Gasteiger partial charge < -0.3 is 14.4 Å². The lowest BCUT2D eigenvalue weighted by Crippen LogP contribution is -2.45. The third-order valence-electron chi connectivity index (χ3n) is 4.10. The highest BCUT2D eigenvalue weighted by Gasteiger charge is 2.34. The summed E-state index contributed by atoms with van der Waals surface area (Å²) < 4.78 is 5.39. The summed E-state index contributed by atoms with van der Waals surface area (Å²) in [7, 11) is 1.64. The number of nitrogens with zero attached hydrogens (tertiary/aromatic N) is 1. The Morgan fingerprint density at radius 3 is 2.68 bits per heavy atom. The molecular formula is C18H25NO3. The normalized spacial score (nSPS) is 19.0. The Hall–Kier alpha value is -1.84. The van der Waals surface area contributed by atoms with E-state index in [0.717, 1.165) is 25.5 Å². The molecule has 0 radical (unpaired) electrons. The fraction of sp³-hybridized carbons (Fsp3) is 0.556. The van der Waals surface area contributed by atoms with Crippen molar-refractivity contribution in [3.05, 3.63) is 35.4 Å². The van der Waals surface area contributed by atoms with E-state index in [9.17, 15) is 9.59 Å². The van der Waals surface area contributed by atoms with Gasteiger partial charge in [0.05, 0.1) is 6.04 Å². The number of ether oxygens (including phenoxy) is 1. The summed E-state index contributed by atoms with van der Waals surface area (Å²) in [6.07, 6.45) is 3.40. The van der Waals surface area contributed by atoms with Crippen LogP contribution in [-0.4, -0.2) is 36.0 Å². The highest BCUT2D eigenvalue weighted by atomic mass is 16.6. The van der Waals surface area contributed by atoms with Crippen molar-refractivity contribution in [1.82, 2.24) is 4.90 Å². The minimum absolute atomic E-state index is 0.0416. The summed E-state index contributed by atoms with van der Waals surface area (Å²) in [6, 6.07) is 7.70. The lowest BCUT2D eigenvalue weighted by molar-refractivity contribution is -0.113. The van der Waals surface area contributed by atoms with Gasteiger partial charge in [-0.3, -0.25) is 0 Å². The molecule has 0 heterocycles. The van der Waals surface area contributed by atoms with Gasteiger partial charge in [0.1, 0.15) is 11.9 Å². The van der Waals surface area contributed by atoms with Crippen LogP contribution in [0.4, 0.5) is 4.79 Å². The van der Waals surface area contributed by atoms with Crippen LogP contribution in [0.15, 0.2) is 24.3 Å². The van der Waals surface area contributed by atoms with Crippen LogP contribution in [0.3, 0.4) is 0 Å². The van der Waals surface area contributed by atoms with Crippen molar-refractivity contribution in [2.75, 3.05) is 7.05 Å². The largest absolute Gasteiger partial charge is 0.444 e.